The van der Waals surface area contributed by atoms with Crippen LogP contribution >= 0.6 is 11.3 Å². The molecular formula is C16H20N4O5S. The average molecular weight is 380 g/mol. The third-order valence-corrected chi connectivity index (χ3v) is 4.08. The summed E-state index contributed by atoms with van der Waals surface area (Å²) >= 11 is 1.52. The molecule has 140 valence electrons. The topological polar surface area (TPSA) is 123 Å². The van der Waals surface area contributed by atoms with Gasteiger partial charge in [-0.05, 0) is 24.8 Å². The summed E-state index contributed by atoms with van der Waals surface area (Å²) in [6.45, 7) is 3.18. The van der Waals surface area contributed by atoms with Gasteiger partial charge in [0.25, 0.3) is 5.91 Å². The van der Waals surface area contributed by atoms with Crippen molar-refractivity contribution in [2.75, 3.05) is 6.61 Å². The highest BCUT2D eigenvalue weighted by Crippen LogP contribution is 2.18. The molecule has 2 aromatic heterocycles. The molecule has 2 aromatic rings. The molecule has 26 heavy (non-hydrogen) atoms. The fraction of sp³-hybridized carbons (Fsp3) is 0.438. The van der Waals surface area contributed by atoms with Gasteiger partial charge in [-0.15, -0.1) is 0 Å². The number of nitrogens with one attached hydrogen (secondary N) is 2. The fourth-order valence-electron chi connectivity index (χ4n) is 1.82. The van der Waals surface area contributed by atoms with E-state index in [1.165, 1.54) is 11.3 Å². The van der Waals surface area contributed by atoms with Crippen LogP contribution in [-0.2, 0) is 20.7 Å². The van der Waals surface area contributed by atoms with Crippen LogP contribution in [0.15, 0.2) is 21.3 Å². The van der Waals surface area contributed by atoms with Crippen molar-refractivity contribution >= 4 is 29.2 Å². The van der Waals surface area contributed by atoms with Gasteiger partial charge in [-0.1, -0.05) is 12.1 Å². The molecule has 10 heteroatoms. The number of urea groups is 1. The predicted octanol–water partition coefficient (Wildman–Crippen LogP) is 1.90. The predicted molar refractivity (Wildman–Crippen MR) is 93.3 cm³/mol. The van der Waals surface area contributed by atoms with Crippen molar-refractivity contribution in [3.05, 3.63) is 22.7 Å². The highest BCUT2D eigenvalue weighted by atomic mass is 32.1. The molecule has 2 rings (SSSR count). The van der Waals surface area contributed by atoms with E-state index >= 15 is 0 Å². The smallest absolute Gasteiger partial charge is 0.321 e. The number of hydrogen-bond acceptors (Lipinski definition) is 8. The first-order chi connectivity index (χ1) is 12.5. The van der Waals surface area contributed by atoms with Gasteiger partial charge in [0.05, 0.1) is 6.42 Å². The van der Waals surface area contributed by atoms with E-state index in [1.807, 2.05) is 30.7 Å². The number of thiophene rings is 1. The maximum absolute atomic E-state index is 11.7. The lowest BCUT2D eigenvalue weighted by Gasteiger charge is -2.11. The Morgan fingerprint density at radius 1 is 1.38 bits per heavy atom. The molecule has 2 N–H and O–H groups in total. The maximum Gasteiger partial charge on any atom is 0.321 e. The Morgan fingerprint density at radius 3 is 2.88 bits per heavy atom. The van der Waals surface area contributed by atoms with Gasteiger partial charge in [0.1, 0.15) is 0 Å². The molecule has 0 aromatic carbocycles. The molecule has 0 aliphatic carbocycles. The van der Waals surface area contributed by atoms with Gasteiger partial charge in [-0.3, -0.25) is 14.9 Å². The number of imide groups is 1. The zero-order chi connectivity index (χ0) is 18.9. The lowest BCUT2D eigenvalue weighted by molar-refractivity contribution is -0.148. The SMILES string of the molecule is CC[C@H](C)NC(=O)NC(=O)COC(=O)CCc1nc(-c2ccsc2)no1. The summed E-state index contributed by atoms with van der Waals surface area (Å²) in [6.07, 6.45) is 0.921. The molecule has 0 fully saturated rings. The van der Waals surface area contributed by atoms with Crippen molar-refractivity contribution in [3.63, 3.8) is 0 Å². The van der Waals surface area contributed by atoms with Crippen molar-refractivity contribution in [2.24, 2.45) is 0 Å². The van der Waals surface area contributed by atoms with Gasteiger partial charge in [-0.2, -0.15) is 16.3 Å². The Balaban J connectivity index is 1.67. The number of carbonyl (C=O) groups is 3. The Bertz CT molecular complexity index is 744. The Hall–Kier alpha value is -2.75. The number of aryl methyl sites for hydroxylation is 1. The summed E-state index contributed by atoms with van der Waals surface area (Å²) < 4.78 is 9.89. The van der Waals surface area contributed by atoms with Crippen molar-refractivity contribution in [1.29, 1.82) is 0 Å². The van der Waals surface area contributed by atoms with Crippen LogP contribution in [-0.4, -0.2) is 40.7 Å². The zero-order valence-corrected chi connectivity index (χ0v) is 15.3. The number of aromatic nitrogens is 2. The van der Waals surface area contributed by atoms with Gasteiger partial charge < -0.3 is 14.6 Å². The first kappa shape index (κ1) is 19.6. The molecule has 0 aliphatic rings. The molecule has 0 saturated heterocycles. The number of carbonyl (C=O) groups excluding carboxylic acids is 3. The second-order valence-electron chi connectivity index (χ2n) is 5.52. The lowest BCUT2D eigenvalue weighted by Crippen LogP contribution is -2.44. The summed E-state index contributed by atoms with van der Waals surface area (Å²) in [4.78, 5) is 38.9. The van der Waals surface area contributed by atoms with Crippen molar-refractivity contribution < 1.29 is 23.6 Å². The molecule has 9 nitrogen and oxygen atoms in total. The standard InChI is InChI=1S/C16H20N4O5S/c1-3-10(2)17-16(23)18-12(21)8-24-14(22)5-4-13-19-15(20-25-13)11-6-7-26-9-11/h6-7,9-10H,3-5,8H2,1-2H3,(H2,17,18,21,23)/t10-/m0/s1. The van der Waals surface area contributed by atoms with Crippen LogP contribution < -0.4 is 10.6 Å². The van der Waals surface area contributed by atoms with Crippen molar-refractivity contribution in [3.8, 4) is 11.4 Å². The van der Waals surface area contributed by atoms with E-state index in [1.54, 1.807) is 0 Å². The van der Waals surface area contributed by atoms with Gasteiger partial charge in [0.15, 0.2) is 6.61 Å². The lowest BCUT2D eigenvalue weighted by atomic mass is 10.3. The van der Waals surface area contributed by atoms with E-state index in [9.17, 15) is 14.4 Å². The largest absolute Gasteiger partial charge is 0.456 e. The number of esters is 1. The Labute approximate surface area is 154 Å². The highest BCUT2D eigenvalue weighted by molar-refractivity contribution is 7.08. The maximum atomic E-state index is 11.7. The Kier molecular flexibility index (Phi) is 7.27. The van der Waals surface area contributed by atoms with E-state index in [4.69, 9.17) is 9.26 Å². The van der Waals surface area contributed by atoms with Gasteiger partial charge in [-0.25, -0.2) is 4.79 Å². The molecule has 0 bridgehead atoms. The quantitative estimate of drug-likeness (QED) is 0.670. The molecule has 1 atom stereocenters. The van der Waals surface area contributed by atoms with Crippen LogP contribution in [0.5, 0.6) is 0 Å². The molecule has 3 amide bonds. The van der Waals surface area contributed by atoms with E-state index in [0.29, 0.717) is 11.7 Å². The molecule has 2 heterocycles. The minimum absolute atomic E-state index is 0.0163. The number of nitrogens with zero attached hydrogens (tertiary/aromatic N) is 2. The minimum atomic E-state index is -0.698. The number of rotatable bonds is 8. The summed E-state index contributed by atoms with van der Waals surface area (Å²) in [6, 6.07) is 1.19. The van der Waals surface area contributed by atoms with Crippen LogP contribution in [0.1, 0.15) is 32.6 Å². The normalized spacial score (nSPS) is 11.6. The molecule has 0 unspecified atom stereocenters. The van der Waals surface area contributed by atoms with Gasteiger partial charge in [0, 0.05) is 23.4 Å². The van der Waals surface area contributed by atoms with Crippen LogP contribution in [0.3, 0.4) is 0 Å². The zero-order valence-electron chi connectivity index (χ0n) is 14.5. The first-order valence-electron chi connectivity index (χ1n) is 8.09. The second-order valence-corrected chi connectivity index (χ2v) is 6.30. The van der Waals surface area contributed by atoms with Gasteiger partial charge >= 0.3 is 12.0 Å². The third-order valence-electron chi connectivity index (χ3n) is 3.40. The average Bonchev–Trinajstić information content (AvgIpc) is 3.28. The summed E-state index contributed by atoms with van der Waals surface area (Å²) in [5.41, 5.74) is 0.847. The molecular weight excluding hydrogens is 360 g/mol. The Morgan fingerprint density at radius 2 is 2.19 bits per heavy atom. The second kappa shape index (κ2) is 9.66. The van der Waals surface area contributed by atoms with Crippen LogP contribution in [0.4, 0.5) is 4.79 Å². The minimum Gasteiger partial charge on any atom is -0.456 e. The van der Waals surface area contributed by atoms with E-state index in [0.717, 1.165) is 12.0 Å². The molecule has 0 radical (unpaired) electrons. The summed E-state index contributed by atoms with van der Waals surface area (Å²) in [5.74, 6) is -0.531. The number of ether oxygens (including phenoxy) is 1. The van der Waals surface area contributed by atoms with Gasteiger partial charge in [0.2, 0.25) is 11.7 Å². The summed E-state index contributed by atoms with van der Waals surface area (Å²) in [7, 11) is 0. The van der Waals surface area contributed by atoms with E-state index in [-0.39, 0.29) is 18.9 Å². The molecule has 0 aliphatic heterocycles. The van der Waals surface area contributed by atoms with Crippen molar-refractivity contribution in [2.45, 2.75) is 39.2 Å². The van der Waals surface area contributed by atoms with Crippen LogP contribution in [0.2, 0.25) is 0 Å². The number of hydrogen-bond donors (Lipinski definition) is 2. The fourth-order valence-corrected chi connectivity index (χ4v) is 2.45. The van der Waals surface area contributed by atoms with Crippen LogP contribution in [0, 0.1) is 0 Å². The van der Waals surface area contributed by atoms with E-state index < -0.39 is 24.5 Å². The number of amides is 3. The van der Waals surface area contributed by atoms with Crippen LogP contribution in [0.25, 0.3) is 11.4 Å². The summed E-state index contributed by atoms with van der Waals surface area (Å²) in [5, 5.41) is 12.3. The molecule has 0 spiro atoms. The van der Waals surface area contributed by atoms with E-state index in [2.05, 4.69) is 20.8 Å². The highest BCUT2D eigenvalue weighted by Gasteiger charge is 2.14. The third kappa shape index (κ3) is 6.28. The monoisotopic (exact) mass is 380 g/mol. The molecule has 0 saturated carbocycles. The first-order valence-corrected chi connectivity index (χ1v) is 9.03. The van der Waals surface area contributed by atoms with Crippen molar-refractivity contribution in [1.82, 2.24) is 20.8 Å².